The van der Waals surface area contributed by atoms with Crippen LogP contribution in [0.5, 0.6) is 0 Å². The van der Waals surface area contributed by atoms with Crippen molar-refractivity contribution in [1.29, 1.82) is 0 Å². The van der Waals surface area contributed by atoms with E-state index in [0.29, 0.717) is 29.1 Å². The van der Waals surface area contributed by atoms with Crippen molar-refractivity contribution < 1.29 is 4.79 Å². The van der Waals surface area contributed by atoms with E-state index in [4.69, 9.17) is 22.3 Å². The Hall–Kier alpha value is -2.30. The Morgan fingerprint density at radius 2 is 2.03 bits per heavy atom. The van der Waals surface area contributed by atoms with E-state index in [9.17, 15) is 4.79 Å². The van der Waals surface area contributed by atoms with Crippen molar-refractivity contribution in [1.82, 2.24) is 29.4 Å². The van der Waals surface area contributed by atoms with Gasteiger partial charge in [0.15, 0.2) is 16.6 Å². The molecule has 0 bridgehead atoms. The van der Waals surface area contributed by atoms with Crippen LogP contribution in [-0.4, -0.2) is 47.4 Å². The van der Waals surface area contributed by atoms with Crippen molar-refractivity contribution in [3.05, 3.63) is 22.2 Å². The maximum atomic E-state index is 12.9. The number of rotatable bonds is 3. The highest BCUT2D eigenvalue weighted by molar-refractivity contribution is 7.16. The van der Waals surface area contributed by atoms with Crippen LogP contribution < -0.4 is 11.1 Å². The number of halogens is 1. The van der Waals surface area contributed by atoms with Gasteiger partial charge in [0.1, 0.15) is 5.52 Å². The second kappa shape index (κ2) is 6.36. The lowest BCUT2D eigenvalue weighted by Crippen LogP contribution is -2.35. The van der Waals surface area contributed by atoms with Gasteiger partial charge in [-0.15, -0.1) is 0 Å². The fourth-order valence-corrected chi connectivity index (χ4v) is 7.16. The number of carbonyl (C=O) groups is 1. The van der Waals surface area contributed by atoms with Gasteiger partial charge in [-0.25, -0.2) is 9.97 Å². The molecule has 160 valence electrons. The Bertz CT molecular complexity index is 1230. The quantitative estimate of drug-likeness (QED) is 0.460. The molecular formula is C20H21ClN8OS. The summed E-state index contributed by atoms with van der Waals surface area (Å²) in [6.45, 7) is 0. The van der Waals surface area contributed by atoms with Gasteiger partial charge < -0.3 is 15.6 Å². The summed E-state index contributed by atoms with van der Waals surface area (Å²) in [6.07, 6.45) is 7.49. The molecule has 2 unspecified atom stereocenters. The predicted octanol–water partition coefficient (Wildman–Crippen LogP) is 2.94. The van der Waals surface area contributed by atoms with Crippen LogP contribution in [0, 0.1) is 5.92 Å². The van der Waals surface area contributed by atoms with E-state index in [1.807, 2.05) is 4.57 Å². The number of hydrogen-bond donors (Lipinski definition) is 2. The number of anilines is 2. The number of hydrogen-bond acceptors (Lipinski definition) is 8. The first-order chi connectivity index (χ1) is 15.1. The summed E-state index contributed by atoms with van der Waals surface area (Å²) >= 11 is 7.66. The van der Waals surface area contributed by atoms with E-state index in [0.717, 1.165) is 43.3 Å². The van der Waals surface area contributed by atoms with E-state index in [1.54, 1.807) is 17.7 Å². The molecule has 3 aromatic heterocycles. The van der Waals surface area contributed by atoms with Gasteiger partial charge in [0.05, 0.1) is 18.1 Å². The van der Waals surface area contributed by atoms with Gasteiger partial charge >= 0.3 is 0 Å². The smallest absolute Gasteiger partial charge is 0.229 e. The normalized spacial score (nSPS) is 32.8. The topological polar surface area (TPSA) is 115 Å². The van der Waals surface area contributed by atoms with Crippen molar-refractivity contribution in [3.63, 3.8) is 0 Å². The highest BCUT2D eigenvalue weighted by Gasteiger charge is 2.64. The number of nitrogens with zero attached hydrogens (tertiary/aromatic N) is 6. The van der Waals surface area contributed by atoms with E-state index in [-0.39, 0.29) is 23.2 Å². The highest BCUT2D eigenvalue weighted by Crippen LogP contribution is 2.62. The highest BCUT2D eigenvalue weighted by atomic mass is 35.5. The number of fused-ring (bicyclic) bond motifs is 4. The lowest BCUT2D eigenvalue weighted by molar-refractivity contribution is -0.120. The predicted molar refractivity (Wildman–Crippen MR) is 117 cm³/mol. The summed E-state index contributed by atoms with van der Waals surface area (Å²) in [5, 5.41) is 4.00. The molecule has 4 aliphatic rings. The van der Waals surface area contributed by atoms with Crippen LogP contribution in [0.3, 0.4) is 0 Å². The minimum absolute atomic E-state index is 0.000994. The van der Waals surface area contributed by atoms with Gasteiger partial charge in [-0.1, -0.05) is 11.3 Å². The van der Waals surface area contributed by atoms with Crippen LogP contribution in [-0.2, 0) is 11.2 Å². The lowest BCUT2D eigenvalue weighted by Gasteiger charge is -2.28. The summed E-state index contributed by atoms with van der Waals surface area (Å²) in [4.78, 5) is 34.3. The van der Waals surface area contributed by atoms with Crippen LogP contribution >= 0.6 is 22.9 Å². The molecule has 4 atom stereocenters. The molecule has 11 heteroatoms. The number of thiazole rings is 1. The first-order valence-corrected chi connectivity index (χ1v) is 12.0. The van der Waals surface area contributed by atoms with Crippen molar-refractivity contribution in [2.45, 2.75) is 62.7 Å². The summed E-state index contributed by atoms with van der Waals surface area (Å²) in [6, 6.07) is 2.25. The molecule has 0 radical (unpaired) electrons. The molecule has 0 spiro atoms. The lowest BCUT2D eigenvalue weighted by atomic mass is 9.85. The van der Waals surface area contributed by atoms with Crippen LogP contribution in [0.15, 0.2) is 6.33 Å². The molecule has 6 heterocycles. The van der Waals surface area contributed by atoms with Crippen molar-refractivity contribution in [2.24, 2.45) is 5.92 Å². The number of aromatic nitrogens is 5. The number of nitrogen functional groups attached to an aromatic ring is 1. The number of imidazole rings is 1. The summed E-state index contributed by atoms with van der Waals surface area (Å²) < 4.78 is 2.02. The van der Waals surface area contributed by atoms with E-state index >= 15 is 0 Å². The molecule has 3 fully saturated rings. The average Bonchev–Trinajstić information content (AvgIpc) is 3.02. The van der Waals surface area contributed by atoms with E-state index < -0.39 is 0 Å². The van der Waals surface area contributed by atoms with Crippen LogP contribution in [0.2, 0.25) is 5.28 Å². The van der Waals surface area contributed by atoms with Gasteiger partial charge in [0.2, 0.25) is 11.2 Å². The molecule has 1 aliphatic carbocycles. The second-order valence-corrected chi connectivity index (χ2v) is 10.4. The molecular weight excluding hydrogens is 436 g/mol. The molecule has 2 saturated heterocycles. The van der Waals surface area contributed by atoms with Crippen LogP contribution in [0.1, 0.15) is 54.8 Å². The fraction of sp³-hybridized carbons (Fsp3) is 0.550. The Balaban J connectivity index is 1.03. The minimum Gasteiger partial charge on any atom is -0.382 e. The fourth-order valence-electron chi connectivity index (χ4n) is 5.83. The third-order valence-electron chi connectivity index (χ3n) is 7.45. The van der Waals surface area contributed by atoms with E-state index in [1.165, 1.54) is 17.0 Å². The second-order valence-electron chi connectivity index (χ2n) is 9.08. The summed E-state index contributed by atoms with van der Waals surface area (Å²) in [7, 11) is 0. The molecule has 3 N–H and O–H groups in total. The standard InChI is InChI=1S/C20H21ClN8OS/c21-19-25-16(22)13-17(26-19)28(7-23-13)9-3-1-8(2-4-9)18(30)27-20-24-11-5-10-6-12-14(29(10)12)15(11)31-20/h7-10,12,14H,1-6H2,(H2,22,25,26)(H,24,27,30)/t8?,9?,10-,12?,14-,29?/m1/s1. The molecule has 7 rings (SSSR count). The number of nitrogens with one attached hydrogen (secondary N) is 1. The van der Waals surface area contributed by atoms with Crippen molar-refractivity contribution >= 4 is 51.0 Å². The maximum Gasteiger partial charge on any atom is 0.229 e. The molecule has 1 saturated carbocycles. The molecule has 9 nitrogen and oxygen atoms in total. The minimum atomic E-state index is 0.000994. The van der Waals surface area contributed by atoms with Gasteiger partial charge in [-0.3, -0.25) is 9.69 Å². The average molecular weight is 457 g/mol. The zero-order valence-corrected chi connectivity index (χ0v) is 18.2. The third kappa shape index (κ3) is 2.68. The molecule has 31 heavy (non-hydrogen) atoms. The van der Waals surface area contributed by atoms with E-state index in [2.05, 4.69) is 25.2 Å². The van der Waals surface area contributed by atoms with Crippen LogP contribution in [0.4, 0.5) is 10.9 Å². The molecule has 1 amide bonds. The Labute approximate surface area is 187 Å². The molecule has 3 aromatic rings. The van der Waals surface area contributed by atoms with Gasteiger partial charge in [0, 0.05) is 35.3 Å². The molecule has 0 aromatic carbocycles. The summed E-state index contributed by atoms with van der Waals surface area (Å²) in [5.41, 5.74) is 8.36. The van der Waals surface area contributed by atoms with Gasteiger partial charge in [-0.2, -0.15) is 9.97 Å². The van der Waals surface area contributed by atoms with Crippen molar-refractivity contribution in [2.75, 3.05) is 11.1 Å². The molecule has 3 aliphatic heterocycles. The van der Waals surface area contributed by atoms with Gasteiger partial charge in [-0.05, 0) is 43.7 Å². The van der Waals surface area contributed by atoms with Crippen molar-refractivity contribution in [3.8, 4) is 0 Å². The zero-order chi connectivity index (χ0) is 20.9. The third-order valence-corrected chi connectivity index (χ3v) is 8.70. The Morgan fingerprint density at radius 1 is 1.19 bits per heavy atom. The van der Waals surface area contributed by atoms with Gasteiger partial charge in [0.25, 0.3) is 0 Å². The Kier molecular flexibility index (Phi) is 3.76. The Morgan fingerprint density at radius 3 is 2.87 bits per heavy atom. The summed E-state index contributed by atoms with van der Waals surface area (Å²) in [5.74, 6) is 0.383. The first kappa shape index (κ1) is 18.3. The van der Waals surface area contributed by atoms with Crippen LogP contribution in [0.25, 0.3) is 11.2 Å². The zero-order valence-electron chi connectivity index (χ0n) is 16.7. The monoisotopic (exact) mass is 456 g/mol. The number of carbonyl (C=O) groups excluding carboxylic acids is 1. The first-order valence-electron chi connectivity index (χ1n) is 10.8. The SMILES string of the molecule is Nc1nc(Cl)nc2c1ncn2C1CCC(C(=O)Nc2nc3c(s2)[C@H]2C4C[C@@H](C3)N42)CC1. The maximum absolute atomic E-state index is 12.9. The number of nitrogens with two attached hydrogens (primary N) is 1. The largest absolute Gasteiger partial charge is 0.382 e. The number of amides is 1.